The van der Waals surface area contributed by atoms with Gasteiger partial charge in [0.05, 0.1) is 36.6 Å². The van der Waals surface area contributed by atoms with Crippen molar-refractivity contribution >= 4 is 33.1 Å². The van der Waals surface area contributed by atoms with Gasteiger partial charge in [-0.3, -0.25) is 9.59 Å². The Morgan fingerprint density at radius 1 is 0.694 bits per heavy atom. The lowest BCUT2D eigenvalue weighted by atomic mass is 10.2. The molecule has 6 rings (SSSR count). The van der Waals surface area contributed by atoms with E-state index in [2.05, 4.69) is 20.2 Å². The maximum atomic E-state index is 13.9. The van der Waals surface area contributed by atoms with Gasteiger partial charge in [-0.1, -0.05) is 12.1 Å². The first-order valence-corrected chi connectivity index (χ1v) is 10.2. The van der Waals surface area contributed by atoms with Crippen molar-refractivity contribution in [3.8, 4) is 0 Å². The van der Waals surface area contributed by atoms with Gasteiger partial charge in [0.15, 0.2) is 34.3 Å². The van der Waals surface area contributed by atoms with E-state index in [1.165, 1.54) is 24.3 Å². The van der Waals surface area contributed by atoms with Crippen LogP contribution in [0.1, 0.15) is 11.1 Å². The molecule has 184 valence electrons. The van der Waals surface area contributed by atoms with Crippen molar-refractivity contribution in [1.82, 2.24) is 29.2 Å². The predicted octanol–water partition coefficient (Wildman–Crippen LogP) is 1.89. The van der Waals surface area contributed by atoms with E-state index < -0.39 is 47.6 Å². The van der Waals surface area contributed by atoms with Gasteiger partial charge in [0.1, 0.15) is 11.0 Å². The summed E-state index contributed by atoms with van der Waals surface area (Å²) in [5.41, 5.74) is -1.75. The molecule has 14 heteroatoms. The number of aliphatic hydroxyl groups excluding tert-OH is 2. The van der Waals surface area contributed by atoms with Gasteiger partial charge in [-0.25, -0.2) is 26.6 Å². The number of nitrogens with zero attached hydrogens (tertiary/aromatic N) is 4. The predicted molar refractivity (Wildman–Crippen MR) is 118 cm³/mol. The maximum Gasteiger partial charge on any atom is 0.277 e. The fourth-order valence-corrected chi connectivity index (χ4v) is 3.83. The molecule has 0 saturated heterocycles. The van der Waals surface area contributed by atoms with E-state index >= 15 is 0 Å². The number of hydrogen-bond donors (Lipinski definition) is 4. The largest absolute Gasteiger partial charge is 0.392 e. The first-order chi connectivity index (χ1) is 17.3. The van der Waals surface area contributed by atoms with E-state index in [1.807, 2.05) is 0 Å². The molecule has 0 spiro atoms. The van der Waals surface area contributed by atoms with Gasteiger partial charge >= 0.3 is 0 Å². The molecular weight excluding hydrogens is 488 g/mol. The van der Waals surface area contributed by atoms with Crippen LogP contribution in [0, 0.1) is 23.3 Å². The molecule has 0 fully saturated rings. The highest BCUT2D eigenvalue weighted by Gasteiger charge is 2.16. The Morgan fingerprint density at radius 3 is 1.44 bits per heavy atom. The molecule has 2 aromatic carbocycles. The topological polar surface area (TPSA) is 141 Å². The molecule has 10 nitrogen and oxygen atoms in total. The van der Waals surface area contributed by atoms with E-state index in [1.54, 1.807) is 0 Å². The second kappa shape index (κ2) is 8.58. The lowest BCUT2D eigenvalue weighted by Crippen LogP contribution is -2.13. The molecular formula is C22H14F4N6O4. The zero-order valence-corrected chi connectivity index (χ0v) is 17.9. The van der Waals surface area contributed by atoms with Crippen LogP contribution in [0.25, 0.3) is 33.1 Å². The molecule has 0 saturated carbocycles. The van der Waals surface area contributed by atoms with Crippen molar-refractivity contribution < 1.29 is 27.8 Å². The van der Waals surface area contributed by atoms with E-state index in [-0.39, 0.29) is 44.2 Å². The number of benzene rings is 2. The van der Waals surface area contributed by atoms with Crippen molar-refractivity contribution in [3.05, 3.63) is 91.8 Å². The first-order valence-electron chi connectivity index (χ1n) is 10.2. The van der Waals surface area contributed by atoms with Crippen LogP contribution in [-0.2, 0) is 13.2 Å². The molecule has 0 radical (unpaired) electrons. The summed E-state index contributed by atoms with van der Waals surface area (Å²) in [5.74, 6) is -3.04. The van der Waals surface area contributed by atoms with Crippen LogP contribution in [-0.4, -0.2) is 39.4 Å². The van der Waals surface area contributed by atoms with Crippen LogP contribution in [0.4, 0.5) is 17.6 Å². The molecule has 0 aliphatic carbocycles. The molecule has 0 bridgehead atoms. The molecule has 4 heterocycles. The average molecular weight is 502 g/mol. The lowest BCUT2D eigenvalue weighted by molar-refractivity contribution is 0.276. The Morgan fingerprint density at radius 2 is 1.08 bits per heavy atom. The van der Waals surface area contributed by atoms with Gasteiger partial charge in [-0.05, 0) is 12.1 Å². The summed E-state index contributed by atoms with van der Waals surface area (Å²) in [4.78, 5) is 27.8. The van der Waals surface area contributed by atoms with Crippen LogP contribution in [0.3, 0.4) is 0 Å². The quantitative estimate of drug-likeness (QED) is 0.267. The van der Waals surface area contributed by atoms with Gasteiger partial charge < -0.3 is 20.2 Å². The van der Waals surface area contributed by atoms with Crippen molar-refractivity contribution in [2.24, 2.45) is 0 Å². The van der Waals surface area contributed by atoms with E-state index in [9.17, 15) is 27.2 Å². The molecule has 6 aromatic rings. The van der Waals surface area contributed by atoms with Crippen LogP contribution in [0.5, 0.6) is 0 Å². The number of H-pyrrole nitrogens is 2. The van der Waals surface area contributed by atoms with Crippen molar-refractivity contribution in [3.63, 3.8) is 0 Å². The number of hydrogen-bond acceptors (Lipinski definition) is 6. The summed E-state index contributed by atoms with van der Waals surface area (Å²) in [6.45, 7) is -0.982. The first kappa shape index (κ1) is 23.2. The minimum Gasteiger partial charge on any atom is -0.392 e. The highest BCUT2D eigenvalue weighted by Crippen LogP contribution is 2.21. The Kier molecular flexibility index (Phi) is 5.53. The highest BCUT2D eigenvalue weighted by atomic mass is 19.1. The van der Waals surface area contributed by atoms with Crippen LogP contribution in [0.2, 0.25) is 0 Å². The van der Waals surface area contributed by atoms with Gasteiger partial charge in [0.2, 0.25) is 0 Å². The van der Waals surface area contributed by atoms with Crippen molar-refractivity contribution in [1.29, 1.82) is 0 Å². The normalized spacial score (nSPS) is 11.5. The highest BCUT2D eigenvalue weighted by molar-refractivity contribution is 5.80. The standard InChI is InChI=1S/2C11H7F2N3O2/c2*12-6-3-14-16-7-2-1-5(4-17)8(13)9(7)15-11(18)10(6)16/h2*1-3,17H,4H2,(H,15,18). The summed E-state index contributed by atoms with van der Waals surface area (Å²) in [5, 5.41) is 25.3. The SMILES string of the molecule is O=c1[nH]c2c(F)c(CO)ccc2n2ncc(F)c12.O=c1[nH]c2c(F)c(CO)ccc2n2ncc(F)c12. The molecule has 4 N–H and O–H groups in total. The van der Waals surface area contributed by atoms with Crippen LogP contribution < -0.4 is 11.1 Å². The second-order valence-electron chi connectivity index (χ2n) is 7.60. The third-order valence-corrected chi connectivity index (χ3v) is 5.55. The van der Waals surface area contributed by atoms with Crippen LogP contribution >= 0.6 is 0 Å². The smallest absolute Gasteiger partial charge is 0.277 e. The molecule has 0 atom stereocenters. The Bertz CT molecular complexity index is 1780. The Hall–Kier alpha value is -4.56. The van der Waals surface area contributed by atoms with Gasteiger partial charge in [0.25, 0.3) is 11.1 Å². The van der Waals surface area contributed by atoms with E-state index in [0.717, 1.165) is 21.4 Å². The summed E-state index contributed by atoms with van der Waals surface area (Å²) >= 11 is 0. The Labute approximate surface area is 195 Å². The van der Waals surface area contributed by atoms with Gasteiger partial charge in [-0.2, -0.15) is 10.2 Å². The fourth-order valence-electron chi connectivity index (χ4n) is 3.83. The zero-order chi connectivity index (χ0) is 25.7. The summed E-state index contributed by atoms with van der Waals surface area (Å²) in [6.07, 6.45) is 1.78. The number of aromatic amines is 2. The third-order valence-electron chi connectivity index (χ3n) is 5.55. The summed E-state index contributed by atoms with van der Waals surface area (Å²) < 4.78 is 56.6. The zero-order valence-electron chi connectivity index (χ0n) is 17.9. The molecule has 4 aromatic heterocycles. The number of aliphatic hydroxyl groups is 2. The van der Waals surface area contributed by atoms with Gasteiger partial charge in [-0.15, -0.1) is 0 Å². The summed E-state index contributed by atoms with van der Waals surface area (Å²) in [6, 6.07) is 5.63. The van der Waals surface area contributed by atoms with Gasteiger partial charge in [0, 0.05) is 11.1 Å². The number of halogens is 4. The van der Waals surface area contributed by atoms with E-state index in [4.69, 9.17) is 10.2 Å². The number of aromatic nitrogens is 6. The molecule has 36 heavy (non-hydrogen) atoms. The number of rotatable bonds is 2. The van der Waals surface area contributed by atoms with Crippen molar-refractivity contribution in [2.75, 3.05) is 0 Å². The van der Waals surface area contributed by atoms with Crippen molar-refractivity contribution in [2.45, 2.75) is 13.2 Å². The molecule has 0 amide bonds. The summed E-state index contributed by atoms with van der Waals surface area (Å²) in [7, 11) is 0. The monoisotopic (exact) mass is 502 g/mol. The minimum absolute atomic E-state index is 0.0464. The van der Waals surface area contributed by atoms with Crippen LogP contribution in [0.15, 0.2) is 46.2 Å². The molecule has 0 unspecified atom stereocenters. The third kappa shape index (κ3) is 3.42. The Balaban J connectivity index is 0.000000148. The minimum atomic E-state index is -0.773. The lowest BCUT2D eigenvalue weighted by Gasteiger charge is -2.05. The second-order valence-corrected chi connectivity index (χ2v) is 7.60. The molecule has 0 aliphatic rings. The fraction of sp³-hybridized carbons (Fsp3) is 0.0909. The number of nitrogens with one attached hydrogen (secondary N) is 2. The maximum absolute atomic E-state index is 13.9. The number of fused-ring (bicyclic) bond motifs is 6. The van der Waals surface area contributed by atoms with E-state index in [0.29, 0.717) is 0 Å². The molecule has 0 aliphatic heterocycles. The average Bonchev–Trinajstić information content (AvgIpc) is 3.45.